The molecule has 0 fully saturated rings. The molecule has 1 aromatic heterocycles. The molecular formula is C21H13Br2NO. The fraction of sp³-hybridized carbons (Fsp3) is 0. The third kappa shape index (κ3) is 3.60. The molecule has 0 radical (unpaired) electrons. The molecule has 0 amide bonds. The summed E-state index contributed by atoms with van der Waals surface area (Å²) in [5.41, 5.74) is 2.93. The van der Waals surface area contributed by atoms with Crippen LogP contribution in [0.4, 0.5) is 0 Å². The van der Waals surface area contributed by atoms with E-state index < -0.39 is 0 Å². The lowest BCUT2D eigenvalue weighted by molar-refractivity contribution is 0.483. The number of benzene rings is 3. The van der Waals surface area contributed by atoms with Crippen molar-refractivity contribution >= 4 is 42.8 Å². The molecule has 122 valence electrons. The molecular weight excluding hydrogens is 442 g/mol. The van der Waals surface area contributed by atoms with Crippen LogP contribution in [0.1, 0.15) is 0 Å². The predicted octanol–water partition coefficient (Wildman–Crippen LogP) is 7.22. The maximum Gasteiger partial charge on any atom is 0.127 e. The zero-order valence-electron chi connectivity index (χ0n) is 13.1. The van der Waals surface area contributed by atoms with E-state index in [1.807, 2.05) is 66.7 Å². The minimum Gasteiger partial charge on any atom is -0.457 e. The van der Waals surface area contributed by atoms with E-state index in [1.54, 1.807) is 0 Å². The fourth-order valence-corrected chi connectivity index (χ4v) is 3.98. The van der Waals surface area contributed by atoms with Crippen molar-refractivity contribution in [3.63, 3.8) is 0 Å². The maximum atomic E-state index is 5.84. The quantitative estimate of drug-likeness (QED) is 0.326. The van der Waals surface area contributed by atoms with Crippen molar-refractivity contribution in [1.29, 1.82) is 0 Å². The van der Waals surface area contributed by atoms with Gasteiger partial charge in [-0.15, -0.1) is 0 Å². The molecule has 1 heterocycles. The van der Waals surface area contributed by atoms with Crippen LogP contribution in [-0.2, 0) is 0 Å². The van der Waals surface area contributed by atoms with Gasteiger partial charge < -0.3 is 4.74 Å². The third-order valence-electron chi connectivity index (χ3n) is 3.84. The minimum atomic E-state index is 0.806. The Labute approximate surface area is 162 Å². The van der Waals surface area contributed by atoms with Gasteiger partial charge in [0.15, 0.2) is 0 Å². The van der Waals surface area contributed by atoms with Crippen LogP contribution in [0, 0.1) is 0 Å². The zero-order valence-corrected chi connectivity index (χ0v) is 16.3. The first-order valence-corrected chi connectivity index (χ1v) is 9.37. The van der Waals surface area contributed by atoms with Crippen LogP contribution in [0.15, 0.2) is 87.8 Å². The molecule has 0 N–H and O–H groups in total. The number of pyridine rings is 1. The largest absolute Gasteiger partial charge is 0.457 e. The molecule has 0 spiro atoms. The predicted molar refractivity (Wildman–Crippen MR) is 109 cm³/mol. The van der Waals surface area contributed by atoms with Crippen molar-refractivity contribution in [3.05, 3.63) is 87.8 Å². The molecule has 3 aromatic carbocycles. The van der Waals surface area contributed by atoms with Crippen molar-refractivity contribution in [1.82, 2.24) is 4.98 Å². The summed E-state index contributed by atoms with van der Waals surface area (Å²) in [7, 11) is 0. The molecule has 0 aliphatic carbocycles. The van der Waals surface area contributed by atoms with E-state index in [1.165, 1.54) is 0 Å². The molecule has 0 saturated carbocycles. The van der Waals surface area contributed by atoms with E-state index in [4.69, 9.17) is 9.72 Å². The summed E-state index contributed by atoms with van der Waals surface area (Å²) in [5.74, 6) is 1.63. The lowest BCUT2D eigenvalue weighted by Crippen LogP contribution is -1.88. The highest BCUT2D eigenvalue weighted by Gasteiger charge is 2.06. The second kappa shape index (κ2) is 6.98. The minimum absolute atomic E-state index is 0.806. The summed E-state index contributed by atoms with van der Waals surface area (Å²) in [5, 5.41) is 1.09. The first kappa shape index (κ1) is 16.3. The topological polar surface area (TPSA) is 22.1 Å². The highest BCUT2D eigenvalue weighted by Crippen LogP contribution is 2.30. The van der Waals surface area contributed by atoms with E-state index in [2.05, 4.69) is 44.0 Å². The highest BCUT2D eigenvalue weighted by molar-refractivity contribution is 9.11. The molecule has 4 heteroatoms. The third-order valence-corrected chi connectivity index (χ3v) is 4.90. The van der Waals surface area contributed by atoms with E-state index in [0.29, 0.717) is 0 Å². The average molecular weight is 455 g/mol. The van der Waals surface area contributed by atoms with E-state index in [-0.39, 0.29) is 0 Å². The number of para-hydroxylation sites is 1. The van der Waals surface area contributed by atoms with Crippen LogP contribution in [0.5, 0.6) is 11.5 Å². The summed E-state index contributed by atoms with van der Waals surface area (Å²) >= 11 is 7.10. The Morgan fingerprint density at radius 2 is 1.44 bits per heavy atom. The molecule has 0 unspecified atom stereocenters. The van der Waals surface area contributed by atoms with Crippen molar-refractivity contribution in [2.75, 3.05) is 0 Å². The molecule has 2 nitrogen and oxygen atoms in total. The number of rotatable bonds is 3. The summed E-state index contributed by atoms with van der Waals surface area (Å²) in [4.78, 5) is 4.79. The van der Waals surface area contributed by atoms with Gasteiger partial charge in [-0.2, -0.15) is 0 Å². The number of halogens is 2. The number of aromatic nitrogens is 1. The Morgan fingerprint density at radius 1 is 0.720 bits per heavy atom. The molecule has 4 aromatic rings. The molecule has 0 atom stereocenters. The Kier molecular flexibility index (Phi) is 4.55. The number of fused-ring (bicyclic) bond motifs is 1. The van der Waals surface area contributed by atoms with Gasteiger partial charge in [-0.3, -0.25) is 0 Å². The van der Waals surface area contributed by atoms with Crippen LogP contribution in [0.2, 0.25) is 0 Å². The number of hydrogen-bond donors (Lipinski definition) is 0. The van der Waals surface area contributed by atoms with Crippen LogP contribution >= 0.6 is 31.9 Å². The second-order valence-corrected chi connectivity index (χ2v) is 7.37. The van der Waals surface area contributed by atoms with Gasteiger partial charge in [-0.05, 0) is 70.5 Å². The number of hydrogen-bond acceptors (Lipinski definition) is 2. The van der Waals surface area contributed by atoms with Gasteiger partial charge in [-0.25, -0.2) is 4.98 Å². The Hall–Kier alpha value is -2.17. The maximum absolute atomic E-state index is 5.84. The Bertz CT molecular complexity index is 1030. The molecule has 4 rings (SSSR count). The van der Waals surface area contributed by atoms with Gasteiger partial charge in [-0.1, -0.05) is 40.2 Å². The lowest BCUT2D eigenvalue weighted by atomic mass is 10.1. The molecule has 0 saturated heterocycles. The molecule has 0 aliphatic rings. The standard InChI is InChI=1S/C21H13Br2NO/c22-16-12-15-8-11-20(24-21(15)19(23)13-16)14-6-9-18(10-7-14)25-17-4-2-1-3-5-17/h1-13H. The number of nitrogens with zero attached hydrogens (tertiary/aromatic N) is 1. The smallest absolute Gasteiger partial charge is 0.127 e. The highest BCUT2D eigenvalue weighted by atomic mass is 79.9. The Balaban J connectivity index is 1.65. The van der Waals surface area contributed by atoms with Crippen LogP contribution in [0.3, 0.4) is 0 Å². The Morgan fingerprint density at radius 3 is 2.20 bits per heavy atom. The van der Waals surface area contributed by atoms with Gasteiger partial charge in [0.1, 0.15) is 11.5 Å². The van der Waals surface area contributed by atoms with Gasteiger partial charge in [0.25, 0.3) is 0 Å². The lowest BCUT2D eigenvalue weighted by Gasteiger charge is -2.08. The summed E-state index contributed by atoms with van der Waals surface area (Å²) in [6.45, 7) is 0. The van der Waals surface area contributed by atoms with Crippen molar-refractivity contribution in [2.24, 2.45) is 0 Å². The van der Waals surface area contributed by atoms with Crippen LogP contribution in [0.25, 0.3) is 22.2 Å². The second-order valence-electron chi connectivity index (χ2n) is 5.60. The van der Waals surface area contributed by atoms with Crippen LogP contribution < -0.4 is 4.74 Å². The first-order chi connectivity index (χ1) is 12.2. The normalized spacial score (nSPS) is 10.8. The summed E-state index contributed by atoms with van der Waals surface area (Å²) in [6, 6.07) is 25.9. The van der Waals surface area contributed by atoms with Gasteiger partial charge >= 0.3 is 0 Å². The average Bonchev–Trinajstić information content (AvgIpc) is 2.63. The monoisotopic (exact) mass is 453 g/mol. The van der Waals surface area contributed by atoms with Gasteiger partial charge in [0.2, 0.25) is 0 Å². The first-order valence-electron chi connectivity index (χ1n) is 7.78. The van der Waals surface area contributed by atoms with Crippen LogP contribution in [-0.4, -0.2) is 4.98 Å². The van der Waals surface area contributed by atoms with Gasteiger partial charge in [0.05, 0.1) is 11.2 Å². The fourth-order valence-electron chi connectivity index (χ4n) is 2.64. The van der Waals surface area contributed by atoms with E-state index in [9.17, 15) is 0 Å². The summed E-state index contributed by atoms with van der Waals surface area (Å²) < 4.78 is 7.84. The SMILES string of the molecule is Brc1cc(Br)c2nc(-c3ccc(Oc4ccccc4)cc3)ccc2c1. The molecule has 0 aliphatic heterocycles. The van der Waals surface area contributed by atoms with Crippen molar-refractivity contribution < 1.29 is 4.74 Å². The molecule has 25 heavy (non-hydrogen) atoms. The van der Waals surface area contributed by atoms with Gasteiger partial charge in [0, 0.05) is 19.9 Å². The number of ether oxygens (including phenoxy) is 1. The summed E-state index contributed by atoms with van der Waals surface area (Å²) in [6.07, 6.45) is 0. The van der Waals surface area contributed by atoms with E-state index >= 15 is 0 Å². The molecule has 0 bridgehead atoms. The van der Waals surface area contributed by atoms with Crippen molar-refractivity contribution in [2.45, 2.75) is 0 Å². The zero-order chi connectivity index (χ0) is 17.2. The van der Waals surface area contributed by atoms with Crippen molar-refractivity contribution in [3.8, 4) is 22.8 Å². The van der Waals surface area contributed by atoms with E-state index in [0.717, 1.165) is 42.6 Å².